The summed E-state index contributed by atoms with van der Waals surface area (Å²) >= 11 is 0. The first kappa shape index (κ1) is 19.0. The quantitative estimate of drug-likeness (QED) is 0.816. The summed E-state index contributed by atoms with van der Waals surface area (Å²) in [5, 5.41) is 0. The Morgan fingerprint density at radius 1 is 1.19 bits per heavy atom. The van der Waals surface area contributed by atoms with E-state index in [4.69, 9.17) is 0 Å². The number of likely N-dealkylation sites (N-methyl/N-ethyl adjacent to an activating group) is 1. The Hall–Kier alpha value is -2.76. The summed E-state index contributed by atoms with van der Waals surface area (Å²) in [6.07, 6.45) is 6.40. The highest BCUT2D eigenvalue weighted by molar-refractivity contribution is 5.96. The van der Waals surface area contributed by atoms with E-state index in [-0.39, 0.29) is 11.8 Å². The molecule has 2 amide bonds. The van der Waals surface area contributed by atoms with Crippen molar-refractivity contribution in [1.29, 1.82) is 0 Å². The second kappa shape index (κ2) is 8.75. The maximum absolute atomic E-state index is 12.7. The molecular weight excluding hydrogens is 340 g/mol. The largest absolute Gasteiger partial charge is 0.340 e. The lowest BCUT2D eigenvalue weighted by Crippen LogP contribution is -2.39. The van der Waals surface area contributed by atoms with Crippen LogP contribution in [0.3, 0.4) is 0 Å². The number of hydrogen-bond acceptors (Lipinski definition) is 4. The van der Waals surface area contributed by atoms with Crippen molar-refractivity contribution in [1.82, 2.24) is 19.8 Å². The van der Waals surface area contributed by atoms with Gasteiger partial charge in [-0.15, -0.1) is 0 Å². The molecule has 1 unspecified atom stereocenters. The summed E-state index contributed by atoms with van der Waals surface area (Å²) in [4.78, 5) is 37.3. The van der Waals surface area contributed by atoms with Gasteiger partial charge in [0.2, 0.25) is 0 Å². The number of carbonyl (C=O) groups excluding carboxylic acids is 2. The van der Waals surface area contributed by atoms with Crippen molar-refractivity contribution >= 4 is 11.8 Å². The molecule has 1 atom stereocenters. The van der Waals surface area contributed by atoms with Crippen LogP contribution in [0.25, 0.3) is 0 Å². The van der Waals surface area contributed by atoms with E-state index in [0.717, 1.165) is 37.9 Å². The minimum atomic E-state index is -0.175. The number of piperidine rings is 1. The Labute approximate surface area is 160 Å². The fourth-order valence-corrected chi connectivity index (χ4v) is 3.35. The van der Waals surface area contributed by atoms with Gasteiger partial charge < -0.3 is 9.80 Å². The lowest BCUT2D eigenvalue weighted by molar-refractivity contribution is 0.0676. The van der Waals surface area contributed by atoms with E-state index < -0.39 is 0 Å². The lowest BCUT2D eigenvalue weighted by atomic mass is 10.00. The molecule has 0 spiro atoms. The van der Waals surface area contributed by atoms with Crippen molar-refractivity contribution in [3.63, 3.8) is 0 Å². The van der Waals surface area contributed by atoms with Gasteiger partial charge in [-0.05, 0) is 55.0 Å². The molecule has 3 rings (SSSR count). The Balaban J connectivity index is 1.65. The highest BCUT2D eigenvalue weighted by Gasteiger charge is 2.24. The molecule has 1 aliphatic rings. The molecule has 2 aromatic heterocycles. The molecule has 0 N–H and O–H groups in total. The van der Waals surface area contributed by atoms with E-state index in [1.54, 1.807) is 42.5 Å². The third-order valence-electron chi connectivity index (χ3n) is 4.96. The minimum Gasteiger partial charge on any atom is -0.340 e. The molecule has 1 saturated heterocycles. The zero-order chi connectivity index (χ0) is 19.2. The molecule has 1 aliphatic heterocycles. The number of nitrogens with zero attached hydrogens (tertiary/aromatic N) is 4. The average molecular weight is 366 g/mol. The summed E-state index contributed by atoms with van der Waals surface area (Å²) in [5.74, 6) is 0.244. The van der Waals surface area contributed by atoms with Gasteiger partial charge in [0.05, 0.1) is 0 Å². The van der Waals surface area contributed by atoms with Gasteiger partial charge >= 0.3 is 0 Å². The number of carbonyl (C=O) groups is 2. The third-order valence-corrected chi connectivity index (χ3v) is 4.96. The van der Waals surface area contributed by atoms with Crippen molar-refractivity contribution in [3.05, 3.63) is 59.7 Å². The van der Waals surface area contributed by atoms with Gasteiger partial charge in [-0.3, -0.25) is 14.6 Å². The van der Waals surface area contributed by atoms with Gasteiger partial charge in [-0.2, -0.15) is 0 Å². The van der Waals surface area contributed by atoms with Crippen molar-refractivity contribution in [3.8, 4) is 0 Å². The lowest BCUT2D eigenvalue weighted by Gasteiger charge is -2.30. The zero-order valence-electron chi connectivity index (χ0n) is 16.0. The number of pyridine rings is 2. The Morgan fingerprint density at radius 2 is 1.93 bits per heavy atom. The van der Waals surface area contributed by atoms with E-state index >= 15 is 0 Å². The number of amides is 2. The molecule has 6 heteroatoms. The molecule has 1 fully saturated rings. The Bertz CT molecular complexity index is 794. The van der Waals surface area contributed by atoms with Gasteiger partial charge in [0.15, 0.2) is 0 Å². The van der Waals surface area contributed by atoms with Crippen LogP contribution in [0, 0.1) is 5.92 Å². The molecule has 27 heavy (non-hydrogen) atoms. The van der Waals surface area contributed by atoms with E-state index in [1.165, 1.54) is 0 Å². The summed E-state index contributed by atoms with van der Waals surface area (Å²) in [5.41, 5.74) is 1.78. The van der Waals surface area contributed by atoms with Crippen molar-refractivity contribution in [2.24, 2.45) is 5.92 Å². The number of aromatic nitrogens is 2. The van der Waals surface area contributed by atoms with Gasteiger partial charge in [0.25, 0.3) is 11.8 Å². The van der Waals surface area contributed by atoms with Gasteiger partial charge in [0.1, 0.15) is 11.4 Å². The van der Waals surface area contributed by atoms with Crippen LogP contribution in [0.4, 0.5) is 0 Å². The fraction of sp³-hybridized carbons (Fsp3) is 0.429. The van der Waals surface area contributed by atoms with Crippen LogP contribution in [0.2, 0.25) is 0 Å². The van der Waals surface area contributed by atoms with Crippen LogP contribution in [-0.4, -0.2) is 58.3 Å². The smallest absolute Gasteiger partial charge is 0.272 e. The molecule has 0 aliphatic carbocycles. The van der Waals surface area contributed by atoms with Crippen LogP contribution >= 0.6 is 0 Å². The molecule has 0 saturated carbocycles. The van der Waals surface area contributed by atoms with Crippen molar-refractivity contribution < 1.29 is 9.59 Å². The molecule has 2 aromatic rings. The summed E-state index contributed by atoms with van der Waals surface area (Å²) in [7, 11) is 1.76. The van der Waals surface area contributed by atoms with Crippen LogP contribution in [-0.2, 0) is 6.42 Å². The molecular formula is C21H26N4O2. The molecule has 0 bridgehead atoms. The third kappa shape index (κ3) is 4.90. The van der Waals surface area contributed by atoms with Crippen LogP contribution in [0.1, 0.15) is 46.3 Å². The van der Waals surface area contributed by atoms with E-state index in [9.17, 15) is 9.59 Å². The molecule has 3 heterocycles. The topological polar surface area (TPSA) is 66.4 Å². The average Bonchev–Trinajstić information content (AvgIpc) is 2.71. The number of likely N-dealkylation sites (tertiary alicyclic amines) is 1. The first-order valence-corrected chi connectivity index (χ1v) is 9.45. The Kier molecular flexibility index (Phi) is 6.16. The maximum atomic E-state index is 12.7. The Morgan fingerprint density at radius 3 is 2.67 bits per heavy atom. The highest BCUT2D eigenvalue weighted by atomic mass is 16.2. The standard InChI is InChI=1S/C21H26N4O2/c1-16-5-4-13-25(15-16)21(27)19-7-3-6-18(23-19)20(26)24(2)14-10-17-8-11-22-12-9-17/h3,6-9,11-12,16H,4-5,10,13-15H2,1-2H3. The first-order valence-electron chi connectivity index (χ1n) is 9.45. The predicted octanol–water partition coefficient (Wildman–Crippen LogP) is 2.66. The van der Waals surface area contributed by atoms with Crippen molar-refractivity contribution in [2.45, 2.75) is 26.2 Å². The predicted molar refractivity (Wildman–Crippen MR) is 103 cm³/mol. The van der Waals surface area contributed by atoms with Gasteiger partial charge in [-0.25, -0.2) is 4.98 Å². The van der Waals surface area contributed by atoms with Crippen LogP contribution in [0.5, 0.6) is 0 Å². The van der Waals surface area contributed by atoms with Gasteiger partial charge in [0, 0.05) is 39.1 Å². The zero-order valence-corrected chi connectivity index (χ0v) is 16.0. The van der Waals surface area contributed by atoms with Crippen LogP contribution in [0.15, 0.2) is 42.7 Å². The highest BCUT2D eigenvalue weighted by Crippen LogP contribution is 2.17. The first-order chi connectivity index (χ1) is 13.0. The second-order valence-corrected chi connectivity index (χ2v) is 7.24. The van der Waals surface area contributed by atoms with E-state index in [1.807, 2.05) is 17.0 Å². The second-order valence-electron chi connectivity index (χ2n) is 7.24. The summed E-state index contributed by atoms with van der Waals surface area (Å²) < 4.78 is 0. The van der Waals surface area contributed by atoms with E-state index in [2.05, 4.69) is 16.9 Å². The van der Waals surface area contributed by atoms with Crippen molar-refractivity contribution in [2.75, 3.05) is 26.7 Å². The SMILES string of the molecule is CC1CCCN(C(=O)c2cccc(C(=O)N(C)CCc3ccncc3)n2)C1. The molecule has 6 nitrogen and oxygen atoms in total. The maximum Gasteiger partial charge on any atom is 0.272 e. The summed E-state index contributed by atoms with van der Waals surface area (Å²) in [6, 6.07) is 8.97. The summed E-state index contributed by atoms with van der Waals surface area (Å²) in [6.45, 7) is 4.25. The molecule has 142 valence electrons. The normalized spacial score (nSPS) is 16.8. The number of hydrogen-bond donors (Lipinski definition) is 0. The fourth-order valence-electron chi connectivity index (χ4n) is 3.35. The minimum absolute atomic E-state index is 0.0874. The molecule has 0 aromatic carbocycles. The van der Waals surface area contributed by atoms with Crippen LogP contribution < -0.4 is 0 Å². The number of rotatable bonds is 5. The molecule has 0 radical (unpaired) electrons. The monoisotopic (exact) mass is 366 g/mol. The van der Waals surface area contributed by atoms with E-state index in [0.29, 0.717) is 23.9 Å². The van der Waals surface area contributed by atoms with Gasteiger partial charge in [-0.1, -0.05) is 13.0 Å².